The van der Waals surface area contributed by atoms with Gasteiger partial charge in [-0.1, -0.05) is 30.6 Å². The van der Waals surface area contributed by atoms with Crippen molar-refractivity contribution in [1.29, 1.82) is 0 Å². The molecule has 0 saturated heterocycles. The maximum Gasteiger partial charge on any atom is 0.240 e. The summed E-state index contributed by atoms with van der Waals surface area (Å²) in [7, 11) is 3.85. The van der Waals surface area contributed by atoms with Crippen molar-refractivity contribution in [3.8, 4) is 0 Å². The first-order valence-corrected chi connectivity index (χ1v) is 9.64. The van der Waals surface area contributed by atoms with E-state index in [0.717, 1.165) is 16.3 Å². The van der Waals surface area contributed by atoms with E-state index in [1.54, 1.807) is 0 Å². The fourth-order valence-electron chi connectivity index (χ4n) is 3.25. The van der Waals surface area contributed by atoms with Gasteiger partial charge >= 0.3 is 0 Å². The third kappa shape index (κ3) is 4.64. The van der Waals surface area contributed by atoms with Crippen LogP contribution in [0.25, 0.3) is 0 Å². The average Bonchev–Trinajstić information content (AvgIpc) is 3.17. The van der Waals surface area contributed by atoms with Crippen molar-refractivity contribution in [3.63, 3.8) is 0 Å². The molecule has 25 heavy (non-hydrogen) atoms. The molecular weight excluding hydrogens is 336 g/mol. The zero-order valence-corrected chi connectivity index (χ0v) is 16.0. The fourth-order valence-corrected chi connectivity index (χ4v) is 4.18. The second-order valence-electron chi connectivity index (χ2n) is 6.88. The zero-order chi connectivity index (χ0) is 17.8. The van der Waals surface area contributed by atoms with Gasteiger partial charge in [-0.15, -0.1) is 10.2 Å². The molecule has 3 rings (SSSR count). The molecule has 1 saturated carbocycles. The summed E-state index contributed by atoms with van der Waals surface area (Å²) in [6.45, 7) is 3.04. The minimum atomic E-state index is -0.0598. The van der Waals surface area contributed by atoms with Crippen molar-refractivity contribution in [2.75, 3.05) is 18.9 Å². The molecule has 2 aromatic heterocycles. The second-order valence-corrected chi connectivity index (χ2v) is 7.89. The minimum Gasteiger partial charge on any atom is -0.299 e. The Labute approximate surface area is 152 Å². The number of rotatable bonds is 6. The SMILES string of the molecule is Cc1c(CN(C)CC(=O)Nc2nnc(C3CCCCC3)s2)cnn1C. The molecule has 2 heterocycles. The number of nitrogens with one attached hydrogen (secondary N) is 1. The Bertz CT molecular complexity index is 719. The molecule has 0 spiro atoms. The van der Waals surface area contributed by atoms with Crippen LogP contribution in [-0.4, -0.2) is 44.4 Å². The van der Waals surface area contributed by atoms with Crippen LogP contribution in [0.2, 0.25) is 0 Å². The van der Waals surface area contributed by atoms with Gasteiger partial charge in [-0.3, -0.25) is 19.7 Å². The van der Waals surface area contributed by atoms with Crippen LogP contribution in [0.1, 0.15) is 54.3 Å². The van der Waals surface area contributed by atoms with Crippen LogP contribution in [-0.2, 0) is 18.4 Å². The summed E-state index contributed by atoms with van der Waals surface area (Å²) < 4.78 is 1.84. The van der Waals surface area contributed by atoms with Gasteiger partial charge < -0.3 is 0 Å². The van der Waals surface area contributed by atoms with E-state index in [4.69, 9.17) is 0 Å². The summed E-state index contributed by atoms with van der Waals surface area (Å²) in [5, 5.41) is 17.2. The Kier molecular flexibility index (Phi) is 5.80. The number of aryl methyl sites for hydroxylation is 1. The van der Waals surface area contributed by atoms with Crippen LogP contribution in [0, 0.1) is 6.92 Å². The largest absolute Gasteiger partial charge is 0.299 e. The molecule has 2 aromatic rings. The fraction of sp³-hybridized carbons (Fsp3) is 0.647. The maximum absolute atomic E-state index is 12.3. The minimum absolute atomic E-state index is 0.0598. The van der Waals surface area contributed by atoms with Gasteiger partial charge in [0.05, 0.1) is 12.7 Å². The first kappa shape index (κ1) is 18.0. The molecule has 1 aliphatic rings. The summed E-state index contributed by atoms with van der Waals surface area (Å²) in [5.74, 6) is 0.462. The average molecular weight is 363 g/mol. The summed E-state index contributed by atoms with van der Waals surface area (Å²) in [6, 6.07) is 0. The molecule has 0 aliphatic heterocycles. The lowest BCUT2D eigenvalue weighted by molar-refractivity contribution is -0.117. The Morgan fingerprint density at radius 1 is 1.36 bits per heavy atom. The van der Waals surface area contributed by atoms with E-state index in [-0.39, 0.29) is 5.91 Å². The van der Waals surface area contributed by atoms with Gasteiger partial charge in [0.25, 0.3) is 0 Å². The van der Waals surface area contributed by atoms with Crippen LogP contribution in [0.4, 0.5) is 5.13 Å². The lowest BCUT2D eigenvalue weighted by Crippen LogP contribution is -2.29. The standard InChI is InChI=1S/C17H26N6OS/c1-12-14(9-18-23(12)3)10-22(2)11-15(24)19-17-21-20-16(25-17)13-7-5-4-6-8-13/h9,13H,4-8,10-11H2,1-3H3,(H,19,21,24). The number of carbonyl (C=O) groups excluding carboxylic acids is 1. The molecule has 8 heteroatoms. The monoisotopic (exact) mass is 362 g/mol. The predicted octanol–water partition coefficient (Wildman–Crippen LogP) is 2.70. The topological polar surface area (TPSA) is 75.9 Å². The van der Waals surface area contributed by atoms with Crippen LogP contribution in [0.3, 0.4) is 0 Å². The number of hydrogen-bond donors (Lipinski definition) is 1. The smallest absolute Gasteiger partial charge is 0.240 e. The van der Waals surface area contributed by atoms with E-state index in [9.17, 15) is 4.79 Å². The van der Waals surface area contributed by atoms with E-state index < -0.39 is 0 Å². The van der Waals surface area contributed by atoms with Gasteiger partial charge in [-0.05, 0) is 26.8 Å². The highest BCUT2D eigenvalue weighted by molar-refractivity contribution is 7.15. The number of amides is 1. The summed E-state index contributed by atoms with van der Waals surface area (Å²) in [5.41, 5.74) is 2.25. The van der Waals surface area contributed by atoms with E-state index in [1.807, 2.05) is 36.8 Å². The maximum atomic E-state index is 12.3. The highest BCUT2D eigenvalue weighted by Crippen LogP contribution is 2.35. The normalized spacial score (nSPS) is 15.7. The van der Waals surface area contributed by atoms with Crippen molar-refractivity contribution in [1.82, 2.24) is 24.9 Å². The van der Waals surface area contributed by atoms with E-state index in [0.29, 0.717) is 24.1 Å². The van der Waals surface area contributed by atoms with E-state index in [1.165, 1.54) is 43.4 Å². The third-order valence-electron chi connectivity index (χ3n) is 4.83. The van der Waals surface area contributed by atoms with Gasteiger partial charge in [0.15, 0.2) is 0 Å². The lowest BCUT2D eigenvalue weighted by atomic mass is 9.90. The molecule has 1 fully saturated rings. The molecule has 0 atom stereocenters. The van der Waals surface area contributed by atoms with Crippen molar-refractivity contribution >= 4 is 22.4 Å². The molecular formula is C17H26N6OS. The number of nitrogens with zero attached hydrogens (tertiary/aromatic N) is 5. The molecule has 1 N–H and O–H groups in total. The third-order valence-corrected chi connectivity index (χ3v) is 5.83. The Hall–Kier alpha value is -1.80. The molecule has 7 nitrogen and oxygen atoms in total. The summed E-state index contributed by atoms with van der Waals surface area (Å²) in [4.78, 5) is 14.2. The van der Waals surface area contributed by atoms with E-state index >= 15 is 0 Å². The van der Waals surface area contributed by atoms with Gasteiger partial charge in [-0.25, -0.2) is 0 Å². The number of likely N-dealkylation sites (N-methyl/N-ethyl adjacent to an activating group) is 1. The molecule has 136 valence electrons. The summed E-state index contributed by atoms with van der Waals surface area (Å²) in [6.07, 6.45) is 8.09. The molecule has 0 radical (unpaired) electrons. The molecule has 0 aromatic carbocycles. The van der Waals surface area contributed by atoms with Gasteiger partial charge in [0, 0.05) is 30.8 Å². The summed E-state index contributed by atoms with van der Waals surface area (Å²) >= 11 is 1.52. The highest BCUT2D eigenvalue weighted by atomic mass is 32.1. The van der Waals surface area contributed by atoms with Crippen LogP contribution < -0.4 is 5.32 Å². The van der Waals surface area contributed by atoms with Gasteiger partial charge in [0.2, 0.25) is 11.0 Å². The first-order valence-electron chi connectivity index (χ1n) is 8.82. The quantitative estimate of drug-likeness (QED) is 0.855. The zero-order valence-electron chi connectivity index (χ0n) is 15.2. The number of carbonyl (C=O) groups is 1. The van der Waals surface area contributed by atoms with E-state index in [2.05, 4.69) is 20.6 Å². The Morgan fingerprint density at radius 2 is 2.12 bits per heavy atom. The Balaban J connectivity index is 1.50. The van der Waals surface area contributed by atoms with Crippen LogP contribution >= 0.6 is 11.3 Å². The highest BCUT2D eigenvalue weighted by Gasteiger charge is 2.20. The molecule has 1 aliphatic carbocycles. The van der Waals surface area contributed by atoms with Crippen LogP contribution in [0.5, 0.6) is 0 Å². The van der Waals surface area contributed by atoms with Crippen molar-refractivity contribution in [3.05, 3.63) is 22.5 Å². The van der Waals surface area contributed by atoms with Crippen molar-refractivity contribution in [2.45, 2.75) is 51.5 Å². The van der Waals surface area contributed by atoms with Crippen molar-refractivity contribution in [2.24, 2.45) is 7.05 Å². The molecule has 0 bridgehead atoms. The molecule has 0 unspecified atom stereocenters. The lowest BCUT2D eigenvalue weighted by Gasteiger charge is -2.18. The Morgan fingerprint density at radius 3 is 2.80 bits per heavy atom. The second kappa shape index (κ2) is 8.05. The predicted molar refractivity (Wildman–Crippen MR) is 98.6 cm³/mol. The van der Waals surface area contributed by atoms with Gasteiger partial charge in [-0.2, -0.15) is 5.10 Å². The van der Waals surface area contributed by atoms with Crippen LogP contribution in [0.15, 0.2) is 6.20 Å². The molecule has 1 amide bonds. The van der Waals surface area contributed by atoms with Gasteiger partial charge in [0.1, 0.15) is 5.01 Å². The number of hydrogen-bond acceptors (Lipinski definition) is 6. The van der Waals surface area contributed by atoms with Crippen molar-refractivity contribution < 1.29 is 4.79 Å². The first-order chi connectivity index (χ1) is 12.0. The number of anilines is 1. The number of aromatic nitrogens is 4.